The number of benzene rings is 1. The minimum Gasteiger partial charge on any atom is -0.353 e. The van der Waals surface area contributed by atoms with Crippen LogP contribution < -0.4 is 0 Å². The summed E-state index contributed by atoms with van der Waals surface area (Å²) in [5, 5.41) is 9.47. The third kappa shape index (κ3) is 3.31. The highest BCUT2D eigenvalue weighted by Crippen LogP contribution is 2.29. The van der Waals surface area contributed by atoms with E-state index in [1.807, 2.05) is 37.0 Å². The van der Waals surface area contributed by atoms with Gasteiger partial charge in [-0.05, 0) is 43.0 Å². The van der Waals surface area contributed by atoms with E-state index in [-0.39, 0.29) is 0 Å². The first kappa shape index (κ1) is 18.9. The smallest absolute Gasteiger partial charge is 0.160 e. The lowest BCUT2D eigenvalue weighted by molar-refractivity contribution is 0.717. The number of pyridine rings is 1. The highest BCUT2D eigenvalue weighted by Gasteiger charge is 2.15. The highest BCUT2D eigenvalue weighted by molar-refractivity contribution is 5.76. The molecule has 0 radical (unpaired) electrons. The Kier molecular flexibility index (Phi) is 4.94. The summed E-state index contributed by atoms with van der Waals surface area (Å²) in [7, 11) is 1.97. The van der Waals surface area contributed by atoms with Crippen LogP contribution in [0.15, 0.2) is 42.7 Å². The van der Waals surface area contributed by atoms with Crippen molar-refractivity contribution in [2.75, 3.05) is 0 Å². The molecule has 0 spiro atoms. The number of nitriles is 1. The molecule has 4 rings (SSSR count). The fourth-order valence-electron chi connectivity index (χ4n) is 3.90. The van der Waals surface area contributed by atoms with E-state index in [9.17, 15) is 5.26 Å². The molecule has 0 N–H and O–H groups in total. The van der Waals surface area contributed by atoms with Crippen LogP contribution in [-0.2, 0) is 20.0 Å². The fraction of sp³-hybridized carbons (Fsp3) is 0.292. The quantitative estimate of drug-likeness (QED) is 0.491. The summed E-state index contributed by atoms with van der Waals surface area (Å²) in [6.45, 7) is 7.04. The lowest BCUT2D eigenvalue weighted by atomic mass is 10.0. The van der Waals surface area contributed by atoms with Gasteiger partial charge in [0.25, 0.3) is 0 Å². The van der Waals surface area contributed by atoms with Crippen molar-refractivity contribution in [1.29, 1.82) is 5.26 Å². The number of imidazole rings is 1. The molecule has 5 heteroatoms. The molecular formula is C24H25N5. The number of fused-ring (bicyclic) bond motifs is 1. The van der Waals surface area contributed by atoms with Crippen LogP contribution in [0.4, 0.5) is 0 Å². The molecule has 0 bridgehead atoms. The first-order valence-electron chi connectivity index (χ1n) is 9.99. The SMILES string of the molecule is CCCc1nc2c(C)ccnc2n1Cc1ccc(-c2c(C#N)cn(C)c2C)cc1. The molecule has 0 aliphatic carbocycles. The molecule has 0 aliphatic heterocycles. The van der Waals surface area contributed by atoms with Crippen LogP contribution in [0, 0.1) is 25.2 Å². The van der Waals surface area contributed by atoms with Crippen molar-refractivity contribution in [1.82, 2.24) is 19.1 Å². The van der Waals surface area contributed by atoms with Crippen molar-refractivity contribution in [2.45, 2.75) is 40.2 Å². The fourth-order valence-corrected chi connectivity index (χ4v) is 3.90. The van der Waals surface area contributed by atoms with Crippen LogP contribution in [0.1, 0.15) is 41.6 Å². The second-order valence-electron chi connectivity index (χ2n) is 7.59. The first-order valence-corrected chi connectivity index (χ1v) is 9.99. The third-order valence-electron chi connectivity index (χ3n) is 5.58. The summed E-state index contributed by atoms with van der Waals surface area (Å²) in [6, 6.07) is 12.8. The van der Waals surface area contributed by atoms with Gasteiger partial charge in [-0.3, -0.25) is 0 Å². The number of aromatic nitrogens is 4. The maximum atomic E-state index is 9.47. The van der Waals surface area contributed by atoms with Gasteiger partial charge in [-0.2, -0.15) is 5.26 Å². The Morgan fingerprint density at radius 1 is 1.10 bits per heavy atom. The number of aryl methyl sites for hydroxylation is 3. The van der Waals surface area contributed by atoms with Crippen molar-refractivity contribution in [2.24, 2.45) is 7.05 Å². The van der Waals surface area contributed by atoms with E-state index in [0.717, 1.165) is 58.8 Å². The minimum atomic E-state index is 0.711. The van der Waals surface area contributed by atoms with Gasteiger partial charge in [0, 0.05) is 37.1 Å². The van der Waals surface area contributed by atoms with E-state index in [1.165, 1.54) is 5.56 Å². The molecule has 5 nitrogen and oxygen atoms in total. The second kappa shape index (κ2) is 7.56. The monoisotopic (exact) mass is 383 g/mol. The zero-order valence-corrected chi connectivity index (χ0v) is 17.4. The molecule has 29 heavy (non-hydrogen) atoms. The maximum Gasteiger partial charge on any atom is 0.160 e. The summed E-state index contributed by atoms with van der Waals surface area (Å²) >= 11 is 0. The second-order valence-corrected chi connectivity index (χ2v) is 7.59. The Balaban J connectivity index is 1.71. The van der Waals surface area contributed by atoms with Gasteiger partial charge in [0.2, 0.25) is 0 Å². The van der Waals surface area contributed by atoms with E-state index in [4.69, 9.17) is 4.98 Å². The number of hydrogen-bond donors (Lipinski definition) is 0. The third-order valence-corrected chi connectivity index (χ3v) is 5.58. The number of nitrogens with zero attached hydrogens (tertiary/aromatic N) is 5. The number of rotatable bonds is 5. The van der Waals surface area contributed by atoms with E-state index >= 15 is 0 Å². The largest absolute Gasteiger partial charge is 0.353 e. The predicted molar refractivity (Wildman–Crippen MR) is 116 cm³/mol. The number of hydrogen-bond acceptors (Lipinski definition) is 3. The average molecular weight is 383 g/mol. The Labute approximate surface area is 171 Å². The molecular weight excluding hydrogens is 358 g/mol. The molecule has 0 saturated carbocycles. The molecule has 0 unspecified atom stereocenters. The van der Waals surface area contributed by atoms with Crippen molar-refractivity contribution in [3.8, 4) is 17.2 Å². The van der Waals surface area contributed by atoms with Gasteiger partial charge in [-0.15, -0.1) is 0 Å². The van der Waals surface area contributed by atoms with Gasteiger partial charge < -0.3 is 9.13 Å². The minimum absolute atomic E-state index is 0.711. The summed E-state index contributed by atoms with van der Waals surface area (Å²) < 4.78 is 4.24. The van der Waals surface area contributed by atoms with Gasteiger partial charge in [-0.25, -0.2) is 9.97 Å². The standard InChI is InChI=1S/C24H25N5/c1-5-6-21-27-23-16(2)11-12-26-24(23)29(21)14-18-7-9-19(10-8-18)22-17(3)28(4)15-20(22)13-25/h7-12,15H,5-6,14H2,1-4H3. The topological polar surface area (TPSA) is 59.4 Å². The van der Waals surface area contributed by atoms with Crippen LogP contribution in [0.5, 0.6) is 0 Å². The summed E-state index contributed by atoms with van der Waals surface area (Å²) in [4.78, 5) is 9.47. The highest BCUT2D eigenvalue weighted by atomic mass is 15.1. The summed E-state index contributed by atoms with van der Waals surface area (Å²) in [6.07, 6.45) is 5.73. The molecule has 0 amide bonds. The van der Waals surface area contributed by atoms with Crippen molar-refractivity contribution < 1.29 is 0 Å². The van der Waals surface area contributed by atoms with Crippen molar-refractivity contribution in [3.05, 3.63) is 70.9 Å². The normalized spacial score (nSPS) is 11.1. The average Bonchev–Trinajstić information content (AvgIpc) is 3.21. The van der Waals surface area contributed by atoms with Gasteiger partial charge in [-0.1, -0.05) is 31.2 Å². The van der Waals surface area contributed by atoms with Crippen LogP contribution >= 0.6 is 0 Å². The predicted octanol–water partition coefficient (Wildman–Crippen LogP) is 4.93. The lowest BCUT2D eigenvalue weighted by Gasteiger charge is -2.10. The zero-order chi connectivity index (χ0) is 20.5. The zero-order valence-electron chi connectivity index (χ0n) is 17.4. The molecule has 146 valence electrons. The summed E-state index contributed by atoms with van der Waals surface area (Å²) in [5.41, 5.74) is 8.18. The van der Waals surface area contributed by atoms with E-state index in [1.54, 1.807) is 0 Å². The Hall–Kier alpha value is -3.39. The van der Waals surface area contributed by atoms with Crippen LogP contribution in [0.2, 0.25) is 0 Å². The van der Waals surface area contributed by atoms with Crippen LogP contribution in [0.25, 0.3) is 22.3 Å². The maximum absolute atomic E-state index is 9.47. The molecule has 0 saturated heterocycles. The molecule has 0 aliphatic rings. The summed E-state index contributed by atoms with van der Waals surface area (Å²) in [5.74, 6) is 1.08. The lowest BCUT2D eigenvalue weighted by Crippen LogP contribution is -2.06. The van der Waals surface area contributed by atoms with E-state index in [0.29, 0.717) is 5.56 Å². The molecule has 4 aromatic rings. The molecule has 3 heterocycles. The van der Waals surface area contributed by atoms with Crippen LogP contribution in [-0.4, -0.2) is 19.1 Å². The molecule has 1 aromatic carbocycles. The Morgan fingerprint density at radius 3 is 2.55 bits per heavy atom. The van der Waals surface area contributed by atoms with Crippen LogP contribution in [0.3, 0.4) is 0 Å². The van der Waals surface area contributed by atoms with Gasteiger partial charge in [0.05, 0.1) is 12.1 Å². The van der Waals surface area contributed by atoms with Crippen molar-refractivity contribution >= 4 is 11.2 Å². The van der Waals surface area contributed by atoms with E-state index in [2.05, 4.69) is 53.7 Å². The van der Waals surface area contributed by atoms with Gasteiger partial charge >= 0.3 is 0 Å². The van der Waals surface area contributed by atoms with Crippen molar-refractivity contribution in [3.63, 3.8) is 0 Å². The first-order chi connectivity index (χ1) is 14.0. The van der Waals surface area contributed by atoms with E-state index < -0.39 is 0 Å². The molecule has 0 fully saturated rings. The Bertz CT molecular complexity index is 1220. The molecule has 3 aromatic heterocycles. The van der Waals surface area contributed by atoms with Gasteiger partial charge in [0.15, 0.2) is 5.65 Å². The molecule has 0 atom stereocenters. The van der Waals surface area contributed by atoms with Gasteiger partial charge in [0.1, 0.15) is 17.4 Å². The Morgan fingerprint density at radius 2 is 1.86 bits per heavy atom.